The third-order valence-corrected chi connectivity index (χ3v) is 5.08. The predicted octanol–water partition coefficient (Wildman–Crippen LogP) is 3.05. The fourth-order valence-electron chi connectivity index (χ4n) is 3.67. The van der Waals surface area contributed by atoms with Crippen molar-refractivity contribution in [2.24, 2.45) is 5.73 Å². The Balaban J connectivity index is 1.74. The number of H-pyrrole nitrogens is 1. The number of aryl methyl sites for hydroxylation is 1. The van der Waals surface area contributed by atoms with E-state index in [1.54, 1.807) is 6.20 Å². The van der Waals surface area contributed by atoms with Crippen molar-refractivity contribution in [1.29, 1.82) is 0 Å². The molecule has 0 radical (unpaired) electrons. The van der Waals surface area contributed by atoms with Gasteiger partial charge in [0.2, 0.25) is 0 Å². The second kappa shape index (κ2) is 7.36. The van der Waals surface area contributed by atoms with Crippen molar-refractivity contribution in [1.82, 2.24) is 15.2 Å². The van der Waals surface area contributed by atoms with Gasteiger partial charge >= 0.3 is 0 Å². The zero-order chi connectivity index (χ0) is 18.8. The van der Waals surface area contributed by atoms with E-state index in [1.165, 1.54) is 6.42 Å². The Morgan fingerprint density at radius 3 is 2.89 bits per heavy atom. The first-order chi connectivity index (χ1) is 13.1. The maximum atomic E-state index is 12.4. The fourth-order valence-corrected chi connectivity index (χ4v) is 3.67. The molecule has 0 aliphatic heterocycles. The number of rotatable bonds is 4. The highest BCUT2D eigenvalue weighted by atomic mass is 16.1. The van der Waals surface area contributed by atoms with Crippen LogP contribution in [0.4, 0.5) is 17.3 Å². The van der Waals surface area contributed by atoms with Crippen LogP contribution in [0, 0.1) is 6.92 Å². The van der Waals surface area contributed by atoms with Crippen LogP contribution < -0.4 is 21.9 Å². The molecule has 5 N–H and O–H groups in total. The lowest BCUT2D eigenvalue weighted by atomic mass is 9.91. The molecule has 0 spiro atoms. The van der Waals surface area contributed by atoms with Crippen LogP contribution >= 0.6 is 0 Å². The number of nitrogens with two attached hydrogens (primary N) is 1. The number of nitrogens with one attached hydrogen (secondary N) is 3. The highest BCUT2D eigenvalue weighted by molar-refractivity contribution is 5.94. The first-order valence-electron chi connectivity index (χ1n) is 9.34. The molecule has 2 unspecified atom stereocenters. The van der Waals surface area contributed by atoms with Crippen molar-refractivity contribution in [2.45, 2.75) is 44.7 Å². The number of nitrogens with zero attached hydrogens (tertiary/aromatic N) is 2. The van der Waals surface area contributed by atoms with Crippen LogP contribution in [-0.2, 0) is 0 Å². The van der Waals surface area contributed by atoms with E-state index in [2.05, 4.69) is 25.8 Å². The SMILES string of the molecule is Cc1cccc(Nc2nc(NC3CCCCC3N)cc3cn[nH]c(=O)c23)c1. The minimum atomic E-state index is -0.268. The summed E-state index contributed by atoms with van der Waals surface area (Å²) in [6, 6.07) is 10.1. The average Bonchev–Trinajstić information content (AvgIpc) is 2.64. The van der Waals surface area contributed by atoms with Crippen LogP contribution in [0.15, 0.2) is 41.3 Å². The molecular formula is C20H24N6O. The maximum Gasteiger partial charge on any atom is 0.275 e. The molecule has 2 aromatic heterocycles. The molecule has 1 aliphatic carbocycles. The molecule has 3 aromatic rings. The summed E-state index contributed by atoms with van der Waals surface area (Å²) in [5, 5.41) is 14.4. The Labute approximate surface area is 157 Å². The minimum absolute atomic E-state index is 0.113. The van der Waals surface area contributed by atoms with E-state index in [0.29, 0.717) is 17.0 Å². The van der Waals surface area contributed by atoms with Gasteiger partial charge in [-0.15, -0.1) is 0 Å². The van der Waals surface area contributed by atoms with E-state index in [1.807, 2.05) is 37.3 Å². The smallest absolute Gasteiger partial charge is 0.275 e. The molecule has 0 saturated heterocycles. The number of hydrogen-bond donors (Lipinski definition) is 4. The van der Waals surface area contributed by atoms with E-state index >= 15 is 0 Å². The molecule has 1 aliphatic rings. The fraction of sp³-hybridized carbons (Fsp3) is 0.350. The number of aromatic amines is 1. The molecule has 2 atom stereocenters. The molecule has 4 rings (SSSR count). The summed E-state index contributed by atoms with van der Waals surface area (Å²) in [7, 11) is 0. The monoisotopic (exact) mass is 364 g/mol. The topological polar surface area (TPSA) is 109 Å². The van der Waals surface area contributed by atoms with E-state index < -0.39 is 0 Å². The highest BCUT2D eigenvalue weighted by Crippen LogP contribution is 2.27. The summed E-state index contributed by atoms with van der Waals surface area (Å²) in [5.41, 5.74) is 8.01. The summed E-state index contributed by atoms with van der Waals surface area (Å²) in [6.07, 6.45) is 6.01. The number of fused-ring (bicyclic) bond motifs is 1. The summed E-state index contributed by atoms with van der Waals surface area (Å²) >= 11 is 0. The van der Waals surface area contributed by atoms with Crippen LogP contribution in [-0.4, -0.2) is 27.3 Å². The second-order valence-electron chi connectivity index (χ2n) is 7.21. The number of aromatic nitrogens is 3. The summed E-state index contributed by atoms with van der Waals surface area (Å²) in [6.45, 7) is 2.02. The highest BCUT2D eigenvalue weighted by Gasteiger charge is 2.22. The van der Waals surface area contributed by atoms with Gasteiger partial charge in [0.15, 0.2) is 0 Å². The van der Waals surface area contributed by atoms with Crippen molar-refractivity contribution in [3.63, 3.8) is 0 Å². The molecule has 1 fully saturated rings. The van der Waals surface area contributed by atoms with E-state index in [9.17, 15) is 4.79 Å². The molecule has 2 heterocycles. The second-order valence-corrected chi connectivity index (χ2v) is 7.21. The quantitative estimate of drug-likeness (QED) is 0.567. The molecule has 140 valence electrons. The first kappa shape index (κ1) is 17.5. The van der Waals surface area contributed by atoms with Crippen LogP contribution in [0.3, 0.4) is 0 Å². The predicted molar refractivity (Wildman–Crippen MR) is 108 cm³/mol. The van der Waals surface area contributed by atoms with Crippen molar-refractivity contribution in [3.8, 4) is 0 Å². The molecule has 7 heteroatoms. The Morgan fingerprint density at radius 2 is 2.07 bits per heavy atom. The standard InChI is InChI=1S/C20H24N6O/c1-12-5-4-6-14(9-12)23-19-18-13(11-22-26-20(18)27)10-17(25-19)24-16-8-3-2-7-15(16)21/h4-6,9-11,15-16H,2-3,7-8,21H2,1H3,(H,26,27)(H2,23,24,25). The van der Waals surface area contributed by atoms with Gasteiger partial charge in [-0.05, 0) is 43.5 Å². The number of benzene rings is 1. The molecule has 1 aromatic carbocycles. The van der Waals surface area contributed by atoms with Gasteiger partial charge in [-0.3, -0.25) is 4.79 Å². The van der Waals surface area contributed by atoms with Crippen molar-refractivity contribution < 1.29 is 0 Å². The van der Waals surface area contributed by atoms with Gasteiger partial charge in [0, 0.05) is 23.2 Å². The summed E-state index contributed by atoms with van der Waals surface area (Å²) in [4.78, 5) is 17.1. The molecule has 27 heavy (non-hydrogen) atoms. The molecule has 1 saturated carbocycles. The van der Waals surface area contributed by atoms with Gasteiger partial charge < -0.3 is 16.4 Å². The van der Waals surface area contributed by atoms with Crippen molar-refractivity contribution in [2.75, 3.05) is 10.6 Å². The Morgan fingerprint density at radius 1 is 1.22 bits per heavy atom. The molecule has 0 amide bonds. The Kier molecular flexibility index (Phi) is 4.77. The Bertz CT molecular complexity index is 1010. The van der Waals surface area contributed by atoms with Crippen LogP contribution in [0.2, 0.25) is 0 Å². The van der Waals surface area contributed by atoms with E-state index in [4.69, 9.17) is 5.73 Å². The van der Waals surface area contributed by atoms with Gasteiger partial charge in [-0.25, -0.2) is 10.1 Å². The van der Waals surface area contributed by atoms with Gasteiger partial charge in [-0.2, -0.15) is 5.10 Å². The minimum Gasteiger partial charge on any atom is -0.366 e. The lowest BCUT2D eigenvalue weighted by Gasteiger charge is -2.30. The molecule has 0 bridgehead atoms. The van der Waals surface area contributed by atoms with Crippen LogP contribution in [0.1, 0.15) is 31.2 Å². The lowest BCUT2D eigenvalue weighted by molar-refractivity contribution is 0.403. The first-order valence-corrected chi connectivity index (χ1v) is 9.34. The zero-order valence-electron chi connectivity index (χ0n) is 15.3. The van der Waals surface area contributed by atoms with E-state index in [0.717, 1.165) is 35.9 Å². The maximum absolute atomic E-state index is 12.4. The number of hydrogen-bond acceptors (Lipinski definition) is 6. The zero-order valence-corrected chi connectivity index (χ0v) is 15.3. The number of anilines is 3. The van der Waals surface area contributed by atoms with Gasteiger partial charge in [0.05, 0.1) is 11.6 Å². The van der Waals surface area contributed by atoms with Gasteiger partial charge in [0.25, 0.3) is 5.56 Å². The molecular weight excluding hydrogens is 340 g/mol. The lowest BCUT2D eigenvalue weighted by Crippen LogP contribution is -2.42. The van der Waals surface area contributed by atoms with Crippen LogP contribution in [0.25, 0.3) is 10.8 Å². The van der Waals surface area contributed by atoms with Crippen LogP contribution in [0.5, 0.6) is 0 Å². The summed E-state index contributed by atoms with van der Waals surface area (Å²) in [5.74, 6) is 1.21. The van der Waals surface area contributed by atoms with E-state index in [-0.39, 0.29) is 17.6 Å². The number of pyridine rings is 1. The Hall–Kier alpha value is -2.93. The normalized spacial score (nSPS) is 19.8. The van der Waals surface area contributed by atoms with Crippen molar-refractivity contribution in [3.05, 3.63) is 52.4 Å². The van der Waals surface area contributed by atoms with Gasteiger partial charge in [-0.1, -0.05) is 25.0 Å². The third kappa shape index (κ3) is 3.78. The molecule has 7 nitrogen and oxygen atoms in total. The average molecular weight is 364 g/mol. The largest absolute Gasteiger partial charge is 0.366 e. The third-order valence-electron chi connectivity index (χ3n) is 5.08. The summed E-state index contributed by atoms with van der Waals surface area (Å²) < 4.78 is 0. The van der Waals surface area contributed by atoms with Gasteiger partial charge in [0.1, 0.15) is 11.6 Å². The van der Waals surface area contributed by atoms with Crippen molar-refractivity contribution >= 4 is 28.1 Å².